The number of rotatable bonds is 4. The van der Waals surface area contributed by atoms with Crippen molar-refractivity contribution in [1.82, 2.24) is 9.47 Å². The molecule has 31 heavy (non-hydrogen) atoms. The Labute approximate surface area is 184 Å². The highest BCUT2D eigenvalue weighted by atomic mass is 15.2. The van der Waals surface area contributed by atoms with Gasteiger partial charge in [0.25, 0.3) is 0 Å². The fraction of sp³-hybridized carbons (Fsp3) is 0.407. The van der Waals surface area contributed by atoms with Gasteiger partial charge in [-0.15, -0.1) is 0 Å². The first-order valence-corrected chi connectivity index (χ1v) is 11.3. The van der Waals surface area contributed by atoms with Gasteiger partial charge in [0.05, 0.1) is 30.0 Å². The molecule has 5 atom stereocenters. The predicted molar refractivity (Wildman–Crippen MR) is 122 cm³/mol. The zero-order chi connectivity index (χ0) is 21.5. The number of para-hydroxylation sites is 1. The van der Waals surface area contributed by atoms with Crippen LogP contribution in [0, 0.1) is 40.4 Å². The third-order valence-corrected chi connectivity index (χ3v) is 7.67. The summed E-state index contributed by atoms with van der Waals surface area (Å²) in [6, 6.07) is 24.8. The van der Waals surface area contributed by atoms with Crippen LogP contribution in [0.15, 0.2) is 54.6 Å². The first kappa shape index (κ1) is 19.9. The lowest BCUT2D eigenvalue weighted by Gasteiger charge is -2.52. The van der Waals surface area contributed by atoms with Gasteiger partial charge < -0.3 is 4.57 Å². The maximum Gasteiger partial charge on any atom is 0.0675 e. The number of nitrogens with zero attached hydrogens (tertiary/aromatic N) is 4. The lowest BCUT2D eigenvalue weighted by atomic mass is 9.66. The Bertz CT molecular complexity index is 1180. The van der Waals surface area contributed by atoms with Gasteiger partial charge in [-0.25, -0.2) is 0 Å². The number of aromatic nitrogens is 1. The highest BCUT2D eigenvalue weighted by Crippen LogP contribution is 2.51. The monoisotopic (exact) mass is 408 g/mol. The average Bonchev–Trinajstić information content (AvgIpc) is 3.08. The standard InChI is InChI=1S/C27H28N4/c1-3-19(15-28)21-13-26-27-22(20-11-7-8-12-24(20)30(27)2)14-25(23(21)16-29)31(26)17-18-9-5-4-6-10-18/h4-12,19,21,23,25-26H,3,13-14,17H2,1-2H3/t19?,21?,23-,25-,26-/m0/s1. The zero-order valence-corrected chi connectivity index (χ0v) is 18.2. The lowest BCUT2D eigenvalue weighted by Crippen LogP contribution is -2.55. The van der Waals surface area contributed by atoms with E-state index in [1.54, 1.807) is 0 Å². The van der Waals surface area contributed by atoms with Crippen LogP contribution in [0.1, 0.15) is 42.6 Å². The molecule has 5 rings (SSSR count). The molecule has 0 aliphatic carbocycles. The third kappa shape index (κ3) is 3.06. The maximum absolute atomic E-state index is 10.3. The molecule has 2 aliphatic rings. The Morgan fingerprint density at radius 1 is 1.06 bits per heavy atom. The van der Waals surface area contributed by atoms with Crippen molar-refractivity contribution >= 4 is 10.9 Å². The van der Waals surface area contributed by atoms with Gasteiger partial charge in [-0.1, -0.05) is 55.5 Å². The lowest BCUT2D eigenvalue weighted by molar-refractivity contribution is -0.0118. The molecule has 1 fully saturated rings. The molecular formula is C27H28N4. The van der Waals surface area contributed by atoms with Crippen molar-refractivity contribution < 1.29 is 0 Å². The predicted octanol–water partition coefficient (Wildman–Crippen LogP) is 5.36. The van der Waals surface area contributed by atoms with Gasteiger partial charge in [0, 0.05) is 36.2 Å². The largest absolute Gasteiger partial charge is 0.346 e. The van der Waals surface area contributed by atoms with Gasteiger partial charge in [-0.05, 0) is 42.4 Å². The SMILES string of the molecule is CCC(C#N)C1C[C@H]2c3c(c4ccccc4n3C)C[C@@H]([C@H]1C#N)N2Cc1ccccc1. The normalized spacial score (nSPS) is 26.1. The van der Waals surface area contributed by atoms with Crippen molar-refractivity contribution in [3.05, 3.63) is 71.4 Å². The molecule has 3 aromatic rings. The summed E-state index contributed by atoms with van der Waals surface area (Å²) in [7, 11) is 2.18. The maximum atomic E-state index is 10.3. The van der Waals surface area contributed by atoms with Gasteiger partial charge in [0.15, 0.2) is 0 Å². The van der Waals surface area contributed by atoms with E-state index in [9.17, 15) is 10.5 Å². The Balaban J connectivity index is 1.67. The van der Waals surface area contributed by atoms with E-state index < -0.39 is 0 Å². The number of nitriles is 2. The smallest absolute Gasteiger partial charge is 0.0675 e. The summed E-state index contributed by atoms with van der Waals surface area (Å²) in [6.45, 7) is 2.92. The summed E-state index contributed by atoms with van der Waals surface area (Å²) in [4.78, 5) is 2.56. The number of benzene rings is 2. The van der Waals surface area contributed by atoms with E-state index in [4.69, 9.17) is 0 Å². The number of aryl methyl sites for hydroxylation is 1. The van der Waals surface area contributed by atoms with Gasteiger partial charge in [-0.3, -0.25) is 4.90 Å². The summed E-state index contributed by atoms with van der Waals surface area (Å²) in [6.07, 6.45) is 2.54. The van der Waals surface area contributed by atoms with Gasteiger partial charge in [0.2, 0.25) is 0 Å². The van der Waals surface area contributed by atoms with Crippen LogP contribution in [-0.4, -0.2) is 15.5 Å². The van der Waals surface area contributed by atoms with E-state index in [0.717, 1.165) is 25.8 Å². The second-order valence-electron chi connectivity index (χ2n) is 9.08. The number of hydrogen-bond acceptors (Lipinski definition) is 3. The van der Waals surface area contributed by atoms with Crippen molar-refractivity contribution in [2.45, 2.75) is 44.8 Å². The molecule has 2 aromatic carbocycles. The van der Waals surface area contributed by atoms with E-state index in [1.807, 2.05) is 0 Å². The third-order valence-electron chi connectivity index (χ3n) is 7.67. The van der Waals surface area contributed by atoms with E-state index >= 15 is 0 Å². The summed E-state index contributed by atoms with van der Waals surface area (Å²) >= 11 is 0. The average molecular weight is 409 g/mol. The number of piperidine rings is 1. The molecule has 1 saturated heterocycles. The van der Waals surface area contributed by atoms with Crippen molar-refractivity contribution in [3.63, 3.8) is 0 Å². The van der Waals surface area contributed by atoms with Crippen LogP contribution in [0.4, 0.5) is 0 Å². The fourth-order valence-corrected chi connectivity index (χ4v) is 6.22. The van der Waals surface area contributed by atoms with Crippen molar-refractivity contribution in [2.75, 3.05) is 0 Å². The molecule has 2 aliphatic heterocycles. The molecule has 2 bridgehead atoms. The molecule has 0 amide bonds. The van der Waals surface area contributed by atoms with Crippen LogP contribution >= 0.6 is 0 Å². The molecule has 156 valence electrons. The zero-order valence-electron chi connectivity index (χ0n) is 18.2. The number of hydrogen-bond donors (Lipinski definition) is 0. The Hall–Kier alpha value is -3.08. The highest BCUT2D eigenvalue weighted by molar-refractivity contribution is 5.86. The van der Waals surface area contributed by atoms with Crippen molar-refractivity contribution in [2.24, 2.45) is 24.8 Å². The van der Waals surface area contributed by atoms with Crippen molar-refractivity contribution in [1.29, 1.82) is 10.5 Å². The minimum absolute atomic E-state index is 0.0650. The fourth-order valence-electron chi connectivity index (χ4n) is 6.22. The molecule has 0 saturated carbocycles. The van der Waals surface area contributed by atoms with Crippen LogP contribution in [0.5, 0.6) is 0 Å². The summed E-state index contributed by atoms with van der Waals surface area (Å²) in [5.74, 6) is -0.0744. The first-order chi connectivity index (χ1) is 15.2. The van der Waals surface area contributed by atoms with Crippen molar-refractivity contribution in [3.8, 4) is 12.1 Å². The second-order valence-corrected chi connectivity index (χ2v) is 9.08. The topological polar surface area (TPSA) is 55.8 Å². The summed E-state index contributed by atoms with van der Waals surface area (Å²) in [5, 5.41) is 21.4. The second kappa shape index (κ2) is 7.88. The van der Waals surface area contributed by atoms with Crippen LogP contribution in [0.25, 0.3) is 10.9 Å². The molecule has 4 heteroatoms. The summed E-state index contributed by atoms with van der Waals surface area (Å²) in [5.41, 5.74) is 5.32. The Morgan fingerprint density at radius 2 is 1.81 bits per heavy atom. The minimum atomic E-state index is -0.128. The molecule has 1 aromatic heterocycles. The van der Waals surface area contributed by atoms with Gasteiger partial charge >= 0.3 is 0 Å². The van der Waals surface area contributed by atoms with E-state index in [-0.39, 0.29) is 29.8 Å². The molecule has 2 unspecified atom stereocenters. The van der Waals surface area contributed by atoms with Gasteiger partial charge in [0.1, 0.15) is 0 Å². The quantitative estimate of drug-likeness (QED) is 0.584. The highest BCUT2D eigenvalue weighted by Gasteiger charge is 2.50. The summed E-state index contributed by atoms with van der Waals surface area (Å²) < 4.78 is 2.36. The van der Waals surface area contributed by atoms with E-state index in [1.165, 1.54) is 27.7 Å². The van der Waals surface area contributed by atoms with Crippen LogP contribution in [0.2, 0.25) is 0 Å². The molecule has 0 radical (unpaired) electrons. The van der Waals surface area contributed by atoms with E-state index in [2.05, 4.69) is 90.2 Å². The van der Waals surface area contributed by atoms with Crippen LogP contribution in [0.3, 0.4) is 0 Å². The van der Waals surface area contributed by atoms with Crippen LogP contribution < -0.4 is 0 Å². The molecule has 0 spiro atoms. The minimum Gasteiger partial charge on any atom is -0.346 e. The molecule has 0 N–H and O–H groups in total. The molecular weight excluding hydrogens is 380 g/mol. The van der Waals surface area contributed by atoms with E-state index in [0.29, 0.717) is 0 Å². The van der Waals surface area contributed by atoms with Crippen LogP contribution in [-0.2, 0) is 20.0 Å². The Kier molecular flexibility index (Phi) is 5.05. The number of fused-ring (bicyclic) bond motifs is 6. The van der Waals surface area contributed by atoms with Gasteiger partial charge in [-0.2, -0.15) is 10.5 Å². The first-order valence-electron chi connectivity index (χ1n) is 11.3. The molecule has 3 heterocycles. The Morgan fingerprint density at radius 3 is 2.52 bits per heavy atom. The molecule has 4 nitrogen and oxygen atoms in total.